The van der Waals surface area contributed by atoms with E-state index in [0.29, 0.717) is 13.2 Å². The number of Topliss-reactive ketones (excluding diaryl/α,β-unsaturated/α-hetero) is 1. The predicted molar refractivity (Wildman–Crippen MR) is 225 cm³/mol. The maximum absolute atomic E-state index is 14.2. The lowest BCUT2D eigenvalue weighted by atomic mass is 9.72. The van der Waals surface area contributed by atoms with Crippen molar-refractivity contribution in [2.75, 3.05) is 61.2 Å². The summed E-state index contributed by atoms with van der Waals surface area (Å²) in [6, 6.07) is 11.7. The number of aryl methyl sites for hydroxylation is 1. The molecule has 0 spiro atoms. The lowest BCUT2D eigenvalue weighted by Gasteiger charge is -2.43. The summed E-state index contributed by atoms with van der Waals surface area (Å²) < 4.78 is 46.6. The molecule has 0 radical (unpaired) electrons. The minimum Gasteiger partial charge on any atom is -0.507 e. The van der Waals surface area contributed by atoms with E-state index in [-0.39, 0.29) is 60.2 Å². The molecule has 8 atom stereocenters. The van der Waals surface area contributed by atoms with Gasteiger partial charge in [-0.3, -0.25) is 19.3 Å². The normalized spacial score (nSPS) is 26.8. The SMILES string of the molecule is COc1cccc2c1C(=O)c1c(O)c3c(c(O)c1C2=O)C[C@@](O)(C(=O)COC(=O)N(C)CCN(C)C(=O)OCc1ccc(C)cc1)C[C@@H]3O[C@H]1C[C@H]2[C@H](O[C@@H]3[C@@H](OC)OCCN32)[C@H](C)O1. The molecule has 0 aromatic heterocycles. The first kappa shape index (κ1) is 45.9. The van der Waals surface area contributed by atoms with Crippen LogP contribution in [0.3, 0.4) is 0 Å². The van der Waals surface area contributed by atoms with E-state index in [1.54, 1.807) is 6.92 Å². The molecule has 3 fully saturated rings. The fourth-order valence-electron chi connectivity index (χ4n) is 9.34. The number of fused-ring (bicyclic) bond motifs is 6. The lowest BCUT2D eigenvalue weighted by molar-refractivity contribution is -0.256. The molecule has 0 unspecified atom stereocenters. The van der Waals surface area contributed by atoms with Gasteiger partial charge in [0.15, 0.2) is 31.2 Å². The zero-order valence-corrected chi connectivity index (χ0v) is 36.9. The van der Waals surface area contributed by atoms with Crippen LogP contribution in [-0.2, 0) is 51.0 Å². The Morgan fingerprint density at radius 3 is 2.29 bits per heavy atom. The number of hydrogen-bond acceptors (Lipinski definition) is 17. The number of ether oxygens (including phenoxy) is 8. The Morgan fingerprint density at radius 1 is 0.908 bits per heavy atom. The Labute approximate surface area is 374 Å². The summed E-state index contributed by atoms with van der Waals surface area (Å²) in [4.78, 5) is 72.6. The minimum atomic E-state index is -2.40. The Bertz CT molecular complexity index is 2370. The number of ketones is 3. The van der Waals surface area contributed by atoms with Gasteiger partial charge in [-0.25, -0.2) is 9.59 Å². The smallest absolute Gasteiger partial charge is 0.409 e. The van der Waals surface area contributed by atoms with Crippen LogP contribution in [0.4, 0.5) is 9.59 Å². The van der Waals surface area contributed by atoms with E-state index >= 15 is 0 Å². The van der Waals surface area contributed by atoms with E-state index in [9.17, 15) is 39.3 Å². The number of nitrogens with zero attached hydrogens (tertiary/aromatic N) is 3. The van der Waals surface area contributed by atoms with Gasteiger partial charge in [0.25, 0.3) is 0 Å². The highest BCUT2D eigenvalue weighted by Gasteiger charge is 2.55. The number of likely N-dealkylation sites (N-methyl/N-ethyl adjacent to an activating group) is 2. The van der Waals surface area contributed by atoms with E-state index in [4.69, 9.17) is 37.9 Å². The van der Waals surface area contributed by atoms with E-state index in [0.717, 1.165) is 16.0 Å². The van der Waals surface area contributed by atoms with Crippen molar-refractivity contribution in [1.29, 1.82) is 0 Å². The average Bonchev–Trinajstić information content (AvgIpc) is 3.68. The van der Waals surface area contributed by atoms with Crippen LogP contribution in [0.5, 0.6) is 17.2 Å². The summed E-state index contributed by atoms with van der Waals surface area (Å²) in [6.45, 7) is 3.87. The Morgan fingerprint density at radius 2 is 1.60 bits per heavy atom. The molecule has 3 aromatic carbocycles. The predicted octanol–water partition coefficient (Wildman–Crippen LogP) is 3.36. The molecule has 19 nitrogen and oxygen atoms in total. The number of rotatable bonds is 12. The van der Waals surface area contributed by atoms with Crippen LogP contribution in [0.2, 0.25) is 0 Å². The van der Waals surface area contributed by atoms with Gasteiger partial charge in [0.1, 0.15) is 35.6 Å². The zero-order chi connectivity index (χ0) is 46.5. The third-order valence-corrected chi connectivity index (χ3v) is 12.9. The minimum absolute atomic E-state index is 0.000745. The molecule has 5 aliphatic rings. The number of phenols is 2. The van der Waals surface area contributed by atoms with Crippen LogP contribution in [0.15, 0.2) is 42.5 Å². The van der Waals surface area contributed by atoms with Crippen LogP contribution in [0.25, 0.3) is 0 Å². The highest BCUT2D eigenvalue weighted by molar-refractivity contribution is 6.31. The fraction of sp³-hybridized carbons (Fsp3) is 0.500. The molecular weight excluding hydrogens is 851 g/mol. The van der Waals surface area contributed by atoms with Crippen molar-refractivity contribution in [3.8, 4) is 17.2 Å². The van der Waals surface area contributed by atoms with Crippen molar-refractivity contribution in [2.45, 2.75) is 88.5 Å². The number of benzene rings is 3. The van der Waals surface area contributed by atoms with Crippen molar-refractivity contribution in [2.24, 2.45) is 0 Å². The Kier molecular flexibility index (Phi) is 12.9. The number of carbonyl (C=O) groups is 5. The van der Waals surface area contributed by atoms with Gasteiger partial charge in [-0.15, -0.1) is 0 Å². The fourth-order valence-corrected chi connectivity index (χ4v) is 9.34. The topological polar surface area (TPSA) is 230 Å². The number of methoxy groups -OCH3 is 2. The Balaban J connectivity index is 1.02. The number of hydrogen-bond donors (Lipinski definition) is 3. The van der Waals surface area contributed by atoms with Gasteiger partial charge in [0.2, 0.25) is 11.6 Å². The molecule has 2 aliphatic carbocycles. The molecule has 2 amide bonds. The van der Waals surface area contributed by atoms with E-state index in [2.05, 4.69) is 4.90 Å². The molecule has 3 aromatic rings. The van der Waals surface area contributed by atoms with E-state index in [1.165, 1.54) is 51.4 Å². The number of carbonyl (C=O) groups excluding carboxylic acids is 5. The maximum atomic E-state index is 14.2. The van der Waals surface area contributed by atoms with Crippen LogP contribution in [0.1, 0.15) is 80.0 Å². The first-order valence-electron chi connectivity index (χ1n) is 21.4. The Hall–Kier alpha value is -5.67. The summed E-state index contributed by atoms with van der Waals surface area (Å²) >= 11 is 0. The first-order valence-corrected chi connectivity index (χ1v) is 21.4. The molecule has 3 N–H and O–H groups in total. The van der Waals surface area contributed by atoms with Crippen LogP contribution >= 0.6 is 0 Å². The summed E-state index contributed by atoms with van der Waals surface area (Å²) in [6.07, 6.45) is -7.07. The largest absolute Gasteiger partial charge is 0.507 e. The van der Waals surface area contributed by atoms with Crippen molar-refractivity contribution >= 4 is 29.5 Å². The number of phenolic OH excluding ortho intramolecular Hbond substituents is 2. The summed E-state index contributed by atoms with van der Waals surface area (Å²) in [5, 5.41) is 36.3. The first-order chi connectivity index (χ1) is 31.0. The number of aromatic hydroxyl groups is 2. The van der Waals surface area contributed by atoms with Gasteiger partial charge in [-0.05, 0) is 25.5 Å². The highest BCUT2D eigenvalue weighted by Crippen LogP contribution is 2.53. The lowest BCUT2D eigenvalue weighted by Crippen LogP contribution is -2.55. The second kappa shape index (κ2) is 18.3. The highest BCUT2D eigenvalue weighted by atomic mass is 16.7. The van der Waals surface area contributed by atoms with E-state index < -0.39 is 114 Å². The third-order valence-electron chi connectivity index (χ3n) is 12.9. The molecule has 3 saturated heterocycles. The number of morpholine rings is 1. The standard InChI is InChI=1S/C46H53N3O16/c1-23-10-12-25(13-11-23)21-61-44(55)47(3)14-15-48(4)45(56)62-22-31(50)46(57)19-27-34(40(54)36-35(38(27)52)37(51)26-8-7-9-29(58-5)33(26)39(36)53)30(20-46)64-32-18-28-41(24(2)63-32)65-42-43(59-6)60-17-16-49(28)42/h7-13,24,28,30,32,41-43,52,54,57H,14-22H2,1-6H3/t24-,28-,30-,32-,41+,42+,43-,46-/m0/s1. The van der Waals surface area contributed by atoms with Gasteiger partial charge >= 0.3 is 12.2 Å². The molecule has 3 heterocycles. The number of aliphatic hydroxyl groups is 1. The second-order valence-electron chi connectivity index (χ2n) is 17.1. The monoisotopic (exact) mass is 903 g/mol. The molecule has 348 valence electrons. The second-order valence-corrected chi connectivity index (χ2v) is 17.1. The molecule has 19 heteroatoms. The summed E-state index contributed by atoms with van der Waals surface area (Å²) in [5.41, 5.74) is -2.05. The molecule has 65 heavy (non-hydrogen) atoms. The molecule has 0 saturated carbocycles. The average molecular weight is 904 g/mol. The van der Waals surface area contributed by atoms with Crippen molar-refractivity contribution in [3.05, 3.63) is 87.0 Å². The summed E-state index contributed by atoms with van der Waals surface area (Å²) in [7, 11) is 5.77. The van der Waals surface area contributed by atoms with Crippen LogP contribution in [-0.4, -0.2) is 163 Å². The van der Waals surface area contributed by atoms with Crippen molar-refractivity contribution in [1.82, 2.24) is 14.7 Å². The number of amides is 2. The quantitative estimate of drug-likeness (QED) is 0.173. The molecular formula is C46H53N3O16. The molecule has 8 rings (SSSR count). The third kappa shape index (κ3) is 8.53. The van der Waals surface area contributed by atoms with Gasteiger partial charge in [0.05, 0.1) is 42.6 Å². The molecule has 0 bridgehead atoms. The summed E-state index contributed by atoms with van der Waals surface area (Å²) in [5.74, 6) is -3.90. The molecule has 3 aliphatic heterocycles. The zero-order valence-electron chi connectivity index (χ0n) is 36.9. The van der Waals surface area contributed by atoms with Crippen LogP contribution in [0, 0.1) is 6.92 Å². The van der Waals surface area contributed by atoms with E-state index in [1.807, 2.05) is 31.2 Å². The van der Waals surface area contributed by atoms with Crippen LogP contribution < -0.4 is 4.74 Å². The van der Waals surface area contributed by atoms with Gasteiger partial charge in [-0.1, -0.05) is 42.0 Å². The van der Waals surface area contributed by atoms with Crippen molar-refractivity contribution < 1.29 is 77.2 Å². The van der Waals surface area contributed by atoms with Crippen molar-refractivity contribution in [3.63, 3.8) is 0 Å². The van der Waals surface area contributed by atoms with Gasteiger partial charge < -0.3 is 63.0 Å². The van der Waals surface area contributed by atoms with Gasteiger partial charge in [0, 0.05) is 82.8 Å². The van der Waals surface area contributed by atoms with Gasteiger partial charge in [-0.2, -0.15) is 0 Å². The maximum Gasteiger partial charge on any atom is 0.409 e.